The molecule has 8 heteroatoms. The smallest absolute Gasteiger partial charge is 0.494 e. The van der Waals surface area contributed by atoms with E-state index in [1.54, 1.807) is 0 Å². The maximum atomic E-state index is 12.3. The Labute approximate surface area is 138 Å². The minimum absolute atomic E-state index is 0. The third kappa shape index (κ3) is 4.11. The Morgan fingerprint density at radius 2 is 1.53 bits per heavy atom. The van der Waals surface area contributed by atoms with E-state index < -0.39 is 12.4 Å². The van der Waals surface area contributed by atoms with Crippen LogP contribution in [0.25, 0.3) is 0 Å². The van der Waals surface area contributed by atoms with Crippen LogP contribution in [0.15, 0.2) is 12.1 Å². The Kier molecular flexibility index (Phi) is 6.59. The van der Waals surface area contributed by atoms with E-state index >= 15 is 0 Å². The molecule has 0 bridgehead atoms. The Morgan fingerprint density at radius 1 is 1.13 bits per heavy atom. The van der Waals surface area contributed by atoms with Gasteiger partial charge in [-0.1, -0.05) is 35.3 Å². The van der Waals surface area contributed by atoms with Gasteiger partial charge < -0.3 is 17.7 Å². The topological polar surface area (TPSA) is 9.23 Å². The minimum Gasteiger partial charge on any atom is -0.494 e. The fourth-order valence-electron chi connectivity index (χ4n) is 0.963. The summed E-state index contributed by atoms with van der Waals surface area (Å²) in [7, 11) is 1.28. The van der Waals surface area contributed by atoms with Crippen molar-refractivity contribution in [2.45, 2.75) is 0 Å². The predicted molar refractivity (Wildman–Crippen MR) is 51.7 cm³/mol. The molecule has 78 valence electrons. The van der Waals surface area contributed by atoms with Crippen molar-refractivity contribution in [1.82, 2.24) is 0 Å². The molecule has 1 aromatic rings. The van der Waals surface area contributed by atoms with Crippen LogP contribution >= 0.6 is 23.2 Å². The molecule has 0 aliphatic heterocycles. The van der Waals surface area contributed by atoms with Crippen LogP contribution in [0.2, 0.25) is 10.0 Å². The summed E-state index contributed by atoms with van der Waals surface area (Å²) in [5.74, 6) is 0.0529. The molecule has 0 unspecified atom stereocenters. The monoisotopic (exact) mass is 282 g/mol. The van der Waals surface area contributed by atoms with Crippen molar-refractivity contribution in [3.05, 3.63) is 22.2 Å². The summed E-state index contributed by atoms with van der Waals surface area (Å²) in [6.45, 7) is -5.09. The quantitative estimate of drug-likeness (QED) is 0.697. The average Bonchev–Trinajstić information content (AvgIpc) is 2.01. The molecule has 0 N–H and O–H groups in total. The first-order valence-electron chi connectivity index (χ1n) is 3.59. The second-order valence-electron chi connectivity index (χ2n) is 2.59. The molecule has 0 spiro atoms. The maximum Gasteiger partial charge on any atom is 1.00 e. The minimum atomic E-state index is -5.09. The van der Waals surface area contributed by atoms with Crippen molar-refractivity contribution >= 4 is 35.6 Å². The molecule has 1 rings (SSSR count). The van der Waals surface area contributed by atoms with Gasteiger partial charge in [-0.05, 0) is 0 Å². The molecule has 0 heterocycles. The first kappa shape index (κ1) is 16.1. The summed E-state index contributed by atoms with van der Waals surface area (Å²) in [6, 6.07) is 1.60. The molecular formula is C7H5BCl2F3KO. The molecule has 0 aliphatic rings. The standard InChI is InChI=1S/C7H5BCl2F3O.K/c1-14-7-5(9)2-4(3-6(7)10)8(11,12)13;/h2-3H,1H3;/q-1;+1. The summed E-state index contributed by atoms with van der Waals surface area (Å²) in [5.41, 5.74) is -0.833. The maximum absolute atomic E-state index is 12.3. The molecule has 0 saturated carbocycles. The Morgan fingerprint density at radius 3 is 1.80 bits per heavy atom. The molecule has 15 heavy (non-hydrogen) atoms. The summed E-state index contributed by atoms with van der Waals surface area (Å²) >= 11 is 11.1. The summed E-state index contributed by atoms with van der Waals surface area (Å²) in [5, 5.41) is -0.289. The zero-order valence-corrected chi connectivity index (χ0v) is 12.7. The number of halogens is 5. The zero-order chi connectivity index (χ0) is 10.9. The van der Waals surface area contributed by atoms with Crippen LogP contribution in [0, 0.1) is 0 Å². The van der Waals surface area contributed by atoms with Gasteiger partial charge in [0.1, 0.15) is 0 Å². The molecular weight excluding hydrogens is 278 g/mol. The normalized spacial score (nSPS) is 10.8. The fourth-order valence-corrected chi connectivity index (χ4v) is 1.62. The van der Waals surface area contributed by atoms with E-state index in [2.05, 4.69) is 0 Å². The van der Waals surface area contributed by atoms with Gasteiger partial charge in [-0.15, -0.1) is 5.46 Å². The van der Waals surface area contributed by atoms with Crippen LogP contribution in [0.3, 0.4) is 0 Å². The van der Waals surface area contributed by atoms with E-state index in [0.29, 0.717) is 0 Å². The van der Waals surface area contributed by atoms with Gasteiger partial charge >= 0.3 is 58.4 Å². The molecule has 0 atom stereocenters. The predicted octanol–water partition coefficient (Wildman–Crippen LogP) is 0.0604. The molecule has 0 aromatic heterocycles. The van der Waals surface area contributed by atoms with Crippen molar-refractivity contribution in [1.29, 1.82) is 0 Å². The Bertz CT molecular complexity index is 336. The van der Waals surface area contributed by atoms with Crippen LogP contribution in [-0.2, 0) is 0 Å². The SMILES string of the molecule is COc1c(Cl)cc([B-](F)(F)F)cc1Cl.[K+]. The summed E-state index contributed by atoms with van der Waals surface area (Å²) < 4.78 is 41.6. The van der Waals surface area contributed by atoms with Crippen molar-refractivity contribution in [3.63, 3.8) is 0 Å². The van der Waals surface area contributed by atoms with Gasteiger partial charge in [-0.3, -0.25) is 0 Å². The number of rotatable bonds is 2. The van der Waals surface area contributed by atoms with Crippen molar-refractivity contribution < 1.29 is 69.1 Å². The van der Waals surface area contributed by atoms with Gasteiger partial charge in [0.2, 0.25) is 0 Å². The Balaban J connectivity index is 0.00000196. The molecule has 1 nitrogen and oxygen atoms in total. The third-order valence-corrected chi connectivity index (χ3v) is 2.16. The third-order valence-electron chi connectivity index (χ3n) is 1.60. The van der Waals surface area contributed by atoms with Gasteiger partial charge in [0, 0.05) is 0 Å². The first-order valence-corrected chi connectivity index (χ1v) is 4.34. The Hall–Kier alpha value is 1.09. The molecule has 0 fully saturated rings. The first-order chi connectivity index (χ1) is 6.36. The second kappa shape index (κ2) is 6.14. The van der Waals surface area contributed by atoms with Crippen LogP contribution in [-0.4, -0.2) is 14.1 Å². The van der Waals surface area contributed by atoms with Gasteiger partial charge in [0.25, 0.3) is 0 Å². The number of benzene rings is 1. The summed E-state index contributed by atoms with van der Waals surface area (Å²) in [4.78, 5) is 0. The zero-order valence-electron chi connectivity index (χ0n) is 8.03. The molecule has 0 aliphatic carbocycles. The largest absolute Gasteiger partial charge is 1.00 e. The molecule has 0 radical (unpaired) electrons. The second-order valence-corrected chi connectivity index (χ2v) is 3.41. The number of methoxy groups -OCH3 is 1. The van der Waals surface area contributed by atoms with E-state index in [-0.39, 0.29) is 67.2 Å². The molecule has 0 saturated heterocycles. The van der Waals surface area contributed by atoms with Gasteiger partial charge in [-0.25, -0.2) is 0 Å². The van der Waals surface area contributed by atoms with Crippen LogP contribution in [0.1, 0.15) is 0 Å². The van der Waals surface area contributed by atoms with E-state index in [4.69, 9.17) is 27.9 Å². The fraction of sp³-hybridized carbons (Fsp3) is 0.143. The van der Waals surface area contributed by atoms with E-state index in [1.807, 2.05) is 0 Å². The van der Waals surface area contributed by atoms with Gasteiger partial charge in [-0.2, -0.15) is 0 Å². The number of hydrogen-bond donors (Lipinski definition) is 0. The van der Waals surface area contributed by atoms with Gasteiger partial charge in [0.05, 0.1) is 17.2 Å². The van der Waals surface area contributed by atoms with Crippen LogP contribution in [0.4, 0.5) is 12.9 Å². The van der Waals surface area contributed by atoms with Crippen LogP contribution < -0.4 is 61.6 Å². The number of hydrogen-bond acceptors (Lipinski definition) is 1. The van der Waals surface area contributed by atoms with Crippen molar-refractivity contribution in [3.8, 4) is 5.75 Å². The number of ether oxygens (including phenoxy) is 1. The van der Waals surface area contributed by atoms with Crippen molar-refractivity contribution in [2.24, 2.45) is 0 Å². The van der Waals surface area contributed by atoms with E-state index in [1.165, 1.54) is 7.11 Å². The average molecular weight is 283 g/mol. The van der Waals surface area contributed by atoms with Crippen molar-refractivity contribution in [2.75, 3.05) is 7.11 Å². The van der Waals surface area contributed by atoms with Crippen LogP contribution in [0.5, 0.6) is 5.75 Å². The molecule has 0 amide bonds. The molecule has 1 aromatic carbocycles. The summed E-state index contributed by atoms with van der Waals surface area (Å²) in [6.07, 6.45) is 0. The van der Waals surface area contributed by atoms with Gasteiger partial charge in [0.15, 0.2) is 5.75 Å². The van der Waals surface area contributed by atoms with E-state index in [9.17, 15) is 12.9 Å². The van der Waals surface area contributed by atoms with E-state index in [0.717, 1.165) is 12.1 Å².